The van der Waals surface area contributed by atoms with Crippen LogP contribution < -0.4 is 5.32 Å². The maximum absolute atomic E-state index is 12.6. The van der Waals surface area contributed by atoms with Crippen LogP contribution in [0.5, 0.6) is 0 Å². The predicted molar refractivity (Wildman–Crippen MR) is 105 cm³/mol. The molecule has 0 saturated heterocycles. The van der Waals surface area contributed by atoms with Gasteiger partial charge in [0.25, 0.3) is 0 Å². The van der Waals surface area contributed by atoms with Crippen molar-refractivity contribution in [2.45, 2.75) is 90.9 Å². The van der Waals surface area contributed by atoms with E-state index in [0.29, 0.717) is 0 Å². The summed E-state index contributed by atoms with van der Waals surface area (Å²) in [5.74, 6) is 0.388. The van der Waals surface area contributed by atoms with E-state index in [4.69, 9.17) is 0 Å². The van der Waals surface area contributed by atoms with E-state index in [1.165, 1.54) is 64.2 Å². The van der Waals surface area contributed by atoms with Crippen LogP contribution in [0.3, 0.4) is 0 Å². The van der Waals surface area contributed by atoms with E-state index in [2.05, 4.69) is 19.2 Å². The third-order valence-corrected chi connectivity index (χ3v) is 4.72. The Kier molecular flexibility index (Phi) is 12.2. The molecule has 0 radical (unpaired) electrons. The van der Waals surface area contributed by atoms with E-state index in [1.54, 1.807) is 0 Å². The second-order valence-corrected chi connectivity index (χ2v) is 6.96. The number of amides is 1. The first kappa shape index (κ1) is 20.7. The Morgan fingerprint density at radius 1 is 0.792 bits per heavy atom. The average molecular weight is 332 g/mol. The van der Waals surface area contributed by atoms with Crippen LogP contribution in [-0.2, 0) is 4.79 Å². The van der Waals surface area contributed by atoms with Crippen molar-refractivity contribution < 1.29 is 4.79 Å². The summed E-state index contributed by atoms with van der Waals surface area (Å²) in [6.07, 6.45) is 14.8. The van der Waals surface area contributed by atoms with E-state index in [1.807, 2.05) is 30.3 Å². The summed E-state index contributed by atoms with van der Waals surface area (Å²) in [7, 11) is 0. The predicted octanol–water partition coefficient (Wildman–Crippen LogP) is 6.96. The number of rotatable bonds is 14. The summed E-state index contributed by atoms with van der Waals surface area (Å²) in [5.41, 5.74) is 0.920. The standard InChI is InChI=1S/C22H37NO/c1-3-5-7-9-10-13-17-20(16-12-8-6-4-2)22(24)23-21-18-14-11-15-19-21/h11,14-15,18-20H,3-10,12-13,16-17H2,1-2H3,(H,23,24). The summed E-state index contributed by atoms with van der Waals surface area (Å²) in [6.45, 7) is 4.48. The SMILES string of the molecule is CCCCCCCCC(CCCCCC)C(=O)Nc1ccccc1. The van der Waals surface area contributed by atoms with Crippen LogP contribution in [0.2, 0.25) is 0 Å². The molecule has 1 amide bonds. The molecule has 1 aromatic carbocycles. The lowest BCUT2D eigenvalue weighted by Crippen LogP contribution is -2.23. The lowest BCUT2D eigenvalue weighted by atomic mass is 9.93. The summed E-state index contributed by atoms with van der Waals surface area (Å²) < 4.78 is 0. The number of carbonyl (C=O) groups is 1. The van der Waals surface area contributed by atoms with Crippen molar-refractivity contribution in [3.05, 3.63) is 30.3 Å². The van der Waals surface area contributed by atoms with Crippen molar-refractivity contribution in [3.8, 4) is 0 Å². The number of anilines is 1. The quantitative estimate of drug-likeness (QED) is 0.367. The van der Waals surface area contributed by atoms with Crippen LogP contribution >= 0.6 is 0 Å². The summed E-state index contributed by atoms with van der Waals surface area (Å²) in [6, 6.07) is 9.86. The summed E-state index contributed by atoms with van der Waals surface area (Å²) >= 11 is 0. The Morgan fingerprint density at radius 2 is 1.29 bits per heavy atom. The first-order chi connectivity index (χ1) is 11.8. The number of carbonyl (C=O) groups excluding carboxylic acids is 1. The Morgan fingerprint density at radius 3 is 1.88 bits per heavy atom. The zero-order valence-electron chi connectivity index (χ0n) is 15.9. The van der Waals surface area contributed by atoms with Crippen molar-refractivity contribution in [2.24, 2.45) is 5.92 Å². The van der Waals surface area contributed by atoms with Crippen molar-refractivity contribution in [3.63, 3.8) is 0 Å². The maximum Gasteiger partial charge on any atom is 0.227 e. The topological polar surface area (TPSA) is 29.1 Å². The van der Waals surface area contributed by atoms with Crippen LogP contribution in [-0.4, -0.2) is 5.91 Å². The van der Waals surface area contributed by atoms with E-state index in [0.717, 1.165) is 18.5 Å². The lowest BCUT2D eigenvalue weighted by molar-refractivity contribution is -0.120. The van der Waals surface area contributed by atoms with Crippen LogP contribution in [0.1, 0.15) is 90.9 Å². The zero-order valence-corrected chi connectivity index (χ0v) is 15.9. The smallest absolute Gasteiger partial charge is 0.227 e. The molecule has 1 unspecified atom stereocenters. The summed E-state index contributed by atoms with van der Waals surface area (Å²) in [4.78, 5) is 12.6. The van der Waals surface area contributed by atoms with Gasteiger partial charge in [-0.15, -0.1) is 0 Å². The highest BCUT2D eigenvalue weighted by Crippen LogP contribution is 2.21. The van der Waals surface area contributed by atoms with Gasteiger partial charge in [0, 0.05) is 11.6 Å². The minimum Gasteiger partial charge on any atom is -0.326 e. The molecule has 1 aromatic rings. The molecule has 0 heterocycles. The lowest BCUT2D eigenvalue weighted by Gasteiger charge is -2.17. The second-order valence-electron chi connectivity index (χ2n) is 6.96. The molecule has 0 spiro atoms. The minimum atomic E-state index is 0.174. The van der Waals surface area contributed by atoms with E-state index >= 15 is 0 Å². The number of hydrogen-bond acceptors (Lipinski definition) is 1. The highest BCUT2D eigenvalue weighted by Gasteiger charge is 2.17. The fourth-order valence-corrected chi connectivity index (χ4v) is 3.16. The molecular weight excluding hydrogens is 294 g/mol. The van der Waals surface area contributed by atoms with Gasteiger partial charge in [0.1, 0.15) is 0 Å². The van der Waals surface area contributed by atoms with Gasteiger partial charge < -0.3 is 5.32 Å². The third kappa shape index (κ3) is 9.75. The molecule has 0 saturated carbocycles. The molecular formula is C22H37NO. The molecule has 0 aromatic heterocycles. The molecule has 1 N–H and O–H groups in total. The highest BCUT2D eigenvalue weighted by atomic mass is 16.1. The van der Waals surface area contributed by atoms with Crippen LogP contribution in [0.4, 0.5) is 5.69 Å². The third-order valence-electron chi connectivity index (χ3n) is 4.72. The molecule has 2 nitrogen and oxygen atoms in total. The van der Waals surface area contributed by atoms with Crippen molar-refractivity contribution in [1.29, 1.82) is 0 Å². The largest absolute Gasteiger partial charge is 0.326 e. The molecule has 136 valence electrons. The maximum atomic E-state index is 12.6. The molecule has 0 aliphatic rings. The van der Waals surface area contributed by atoms with E-state index in [9.17, 15) is 4.79 Å². The number of benzene rings is 1. The Hall–Kier alpha value is -1.31. The van der Waals surface area contributed by atoms with E-state index in [-0.39, 0.29) is 11.8 Å². The highest BCUT2D eigenvalue weighted by molar-refractivity contribution is 5.92. The van der Waals surface area contributed by atoms with Gasteiger partial charge in [-0.3, -0.25) is 4.79 Å². The molecule has 2 heteroatoms. The fourth-order valence-electron chi connectivity index (χ4n) is 3.16. The number of unbranched alkanes of at least 4 members (excludes halogenated alkanes) is 8. The molecule has 24 heavy (non-hydrogen) atoms. The van der Waals surface area contributed by atoms with Crippen LogP contribution in [0.15, 0.2) is 30.3 Å². The minimum absolute atomic E-state index is 0.174. The van der Waals surface area contributed by atoms with Crippen molar-refractivity contribution in [1.82, 2.24) is 0 Å². The monoisotopic (exact) mass is 331 g/mol. The molecule has 1 atom stereocenters. The normalized spacial score (nSPS) is 12.1. The van der Waals surface area contributed by atoms with Gasteiger partial charge in [-0.25, -0.2) is 0 Å². The van der Waals surface area contributed by atoms with Gasteiger partial charge in [-0.1, -0.05) is 96.3 Å². The van der Waals surface area contributed by atoms with Gasteiger partial charge in [0.2, 0.25) is 5.91 Å². The van der Waals surface area contributed by atoms with Crippen LogP contribution in [0, 0.1) is 5.92 Å². The van der Waals surface area contributed by atoms with Crippen LogP contribution in [0.25, 0.3) is 0 Å². The van der Waals surface area contributed by atoms with Crippen molar-refractivity contribution in [2.75, 3.05) is 5.32 Å². The molecule has 1 rings (SSSR count). The van der Waals surface area contributed by atoms with Gasteiger partial charge in [0.15, 0.2) is 0 Å². The average Bonchev–Trinajstić information content (AvgIpc) is 2.60. The molecule has 0 aliphatic carbocycles. The van der Waals surface area contributed by atoms with Crippen molar-refractivity contribution >= 4 is 11.6 Å². The number of para-hydroxylation sites is 1. The first-order valence-electron chi connectivity index (χ1n) is 10.1. The zero-order chi connectivity index (χ0) is 17.5. The van der Waals surface area contributed by atoms with Gasteiger partial charge in [-0.2, -0.15) is 0 Å². The first-order valence-corrected chi connectivity index (χ1v) is 10.1. The molecule has 0 bridgehead atoms. The Bertz CT molecular complexity index is 415. The molecule has 0 aliphatic heterocycles. The number of nitrogens with one attached hydrogen (secondary N) is 1. The van der Waals surface area contributed by atoms with Gasteiger partial charge >= 0.3 is 0 Å². The van der Waals surface area contributed by atoms with Gasteiger partial charge in [0.05, 0.1) is 0 Å². The number of hydrogen-bond donors (Lipinski definition) is 1. The van der Waals surface area contributed by atoms with E-state index < -0.39 is 0 Å². The Labute approximate surface area is 149 Å². The fraction of sp³-hybridized carbons (Fsp3) is 0.682. The van der Waals surface area contributed by atoms with Gasteiger partial charge in [-0.05, 0) is 25.0 Å². The summed E-state index contributed by atoms with van der Waals surface area (Å²) in [5, 5.41) is 3.11. The second kappa shape index (κ2) is 14.1. The Balaban J connectivity index is 2.39. The molecule has 0 fully saturated rings.